The molecule has 1 N–H and O–H groups in total. The van der Waals surface area contributed by atoms with Crippen LogP contribution < -0.4 is 15.1 Å². The lowest BCUT2D eigenvalue weighted by Crippen LogP contribution is -2.57. The fraction of sp³-hybridized carbons (Fsp3) is 0.433. The number of piperazine rings is 1. The fourth-order valence-corrected chi connectivity index (χ4v) is 4.73. The van der Waals surface area contributed by atoms with E-state index in [0.717, 1.165) is 35.7 Å². The van der Waals surface area contributed by atoms with E-state index in [1.54, 1.807) is 32.7 Å². The topological polar surface area (TPSA) is 104 Å². The summed E-state index contributed by atoms with van der Waals surface area (Å²) in [7, 11) is 1.71. The summed E-state index contributed by atoms with van der Waals surface area (Å²) in [4.78, 5) is 44.2. The van der Waals surface area contributed by atoms with Gasteiger partial charge in [-0.3, -0.25) is 9.78 Å². The van der Waals surface area contributed by atoms with Crippen molar-refractivity contribution < 1.29 is 14.3 Å². The molecule has 1 aromatic carbocycles. The van der Waals surface area contributed by atoms with Gasteiger partial charge in [-0.05, 0) is 63.9 Å². The molecule has 0 spiro atoms. The van der Waals surface area contributed by atoms with E-state index in [4.69, 9.17) is 14.7 Å². The van der Waals surface area contributed by atoms with E-state index in [9.17, 15) is 9.59 Å². The van der Waals surface area contributed by atoms with E-state index in [-0.39, 0.29) is 18.5 Å². The number of anilines is 2. The van der Waals surface area contributed by atoms with Crippen LogP contribution in [0.4, 0.5) is 16.4 Å². The van der Waals surface area contributed by atoms with E-state index in [0.29, 0.717) is 12.6 Å². The molecule has 3 heterocycles. The van der Waals surface area contributed by atoms with Crippen molar-refractivity contribution in [1.29, 1.82) is 0 Å². The van der Waals surface area contributed by atoms with E-state index in [2.05, 4.69) is 33.9 Å². The molecule has 2 aromatic heterocycles. The van der Waals surface area contributed by atoms with Gasteiger partial charge in [0.1, 0.15) is 12.1 Å². The molecule has 10 heteroatoms. The zero-order chi connectivity index (χ0) is 28.9. The number of benzene rings is 1. The van der Waals surface area contributed by atoms with Crippen LogP contribution in [0.15, 0.2) is 61.2 Å². The summed E-state index contributed by atoms with van der Waals surface area (Å²) in [5, 5.41) is 2.51. The van der Waals surface area contributed by atoms with Gasteiger partial charge < -0.3 is 24.8 Å². The van der Waals surface area contributed by atoms with Crippen molar-refractivity contribution in [3.05, 3.63) is 66.7 Å². The van der Waals surface area contributed by atoms with Crippen LogP contribution in [0.3, 0.4) is 0 Å². The number of likely N-dealkylation sites (N-methyl/N-ethyl adjacent to an activating group) is 1. The van der Waals surface area contributed by atoms with Gasteiger partial charge in [-0.1, -0.05) is 18.2 Å². The third-order valence-electron chi connectivity index (χ3n) is 6.76. The van der Waals surface area contributed by atoms with E-state index in [1.807, 2.05) is 61.2 Å². The molecular formula is C30H39N7O3. The molecule has 0 aliphatic carbocycles. The lowest BCUT2D eigenvalue weighted by Gasteiger charge is -2.45. The van der Waals surface area contributed by atoms with Crippen molar-refractivity contribution >= 4 is 23.6 Å². The second kappa shape index (κ2) is 12.3. The summed E-state index contributed by atoms with van der Waals surface area (Å²) in [5.74, 6) is 0.507. The van der Waals surface area contributed by atoms with Crippen LogP contribution in [0.5, 0.6) is 0 Å². The zero-order valence-electron chi connectivity index (χ0n) is 24.2. The smallest absolute Gasteiger partial charge is 0.408 e. The maximum atomic E-state index is 12.5. The Bertz CT molecular complexity index is 1290. The molecule has 0 saturated carbocycles. The Kier molecular flexibility index (Phi) is 8.86. The first-order chi connectivity index (χ1) is 19.0. The fourth-order valence-electron chi connectivity index (χ4n) is 4.73. The molecule has 0 radical (unpaired) electrons. The molecule has 1 aliphatic rings. The van der Waals surface area contributed by atoms with Crippen molar-refractivity contribution in [3.63, 3.8) is 0 Å². The number of alkyl carbamates (subject to hydrolysis) is 1. The summed E-state index contributed by atoms with van der Waals surface area (Å²) in [6, 6.07) is 12.6. The minimum atomic E-state index is -0.618. The number of amides is 2. The van der Waals surface area contributed by atoms with Gasteiger partial charge >= 0.3 is 6.09 Å². The number of nitrogens with zero attached hydrogens (tertiary/aromatic N) is 6. The number of hydrogen-bond acceptors (Lipinski definition) is 8. The van der Waals surface area contributed by atoms with Gasteiger partial charge in [-0.25, -0.2) is 14.8 Å². The Morgan fingerprint density at radius 2 is 1.65 bits per heavy atom. The zero-order valence-corrected chi connectivity index (χ0v) is 24.2. The molecule has 10 nitrogen and oxygen atoms in total. The van der Waals surface area contributed by atoms with E-state index < -0.39 is 11.7 Å². The van der Waals surface area contributed by atoms with Crippen molar-refractivity contribution in [3.8, 4) is 11.1 Å². The van der Waals surface area contributed by atoms with Gasteiger partial charge in [-0.15, -0.1) is 0 Å². The highest BCUT2D eigenvalue weighted by Crippen LogP contribution is 2.26. The number of rotatable bonds is 7. The molecule has 0 unspecified atom stereocenters. The van der Waals surface area contributed by atoms with Gasteiger partial charge in [-0.2, -0.15) is 0 Å². The van der Waals surface area contributed by atoms with Crippen LogP contribution >= 0.6 is 0 Å². The molecule has 4 rings (SSSR count). The quantitative estimate of drug-likeness (QED) is 0.473. The highest BCUT2D eigenvalue weighted by atomic mass is 16.6. The highest BCUT2D eigenvalue weighted by molar-refractivity contribution is 5.82. The summed E-state index contributed by atoms with van der Waals surface area (Å²) in [5.41, 5.74) is 3.40. The van der Waals surface area contributed by atoms with Crippen molar-refractivity contribution in [2.24, 2.45) is 0 Å². The molecule has 2 atom stereocenters. The number of pyridine rings is 1. The normalized spacial score (nSPS) is 17.4. The Labute approximate surface area is 236 Å². The van der Waals surface area contributed by atoms with Crippen molar-refractivity contribution in [2.75, 3.05) is 36.5 Å². The Balaban J connectivity index is 1.36. The minimum absolute atomic E-state index is 0.131. The predicted octanol–water partition coefficient (Wildman–Crippen LogP) is 4.13. The maximum Gasteiger partial charge on any atom is 0.408 e. The summed E-state index contributed by atoms with van der Waals surface area (Å²) in [6.45, 7) is 11.7. The average molecular weight is 546 g/mol. The SMILES string of the molecule is C[C@@H]1CN(c2ncc(-c3cccc(CN(C)C(=O)CNC(=O)OC(C)(C)C)c3)cn2)[C@@H](C)CN1c1ccncc1. The standard InChI is InChI=1S/C30H39N7O3/c1-21-19-37(22(2)18-36(21)26-10-12-31-13-11-26)28-32-15-25(16-33-28)24-9-7-8-23(14-24)20-35(6)27(38)17-34-29(39)40-30(3,4)5/h7-16,21-22H,17-20H2,1-6H3,(H,34,39)/t21-,22+/m1/s1. The largest absolute Gasteiger partial charge is 0.444 e. The molecule has 0 bridgehead atoms. The molecule has 1 fully saturated rings. The first-order valence-corrected chi connectivity index (χ1v) is 13.6. The monoisotopic (exact) mass is 545 g/mol. The highest BCUT2D eigenvalue weighted by Gasteiger charge is 2.30. The summed E-state index contributed by atoms with van der Waals surface area (Å²) >= 11 is 0. The number of carbonyl (C=O) groups is 2. The van der Waals surface area contributed by atoms with Gasteiger partial charge in [0.15, 0.2) is 0 Å². The average Bonchev–Trinajstić information content (AvgIpc) is 2.92. The third kappa shape index (κ3) is 7.46. The van der Waals surface area contributed by atoms with Crippen LogP contribution in [0.25, 0.3) is 11.1 Å². The Morgan fingerprint density at radius 3 is 2.33 bits per heavy atom. The van der Waals surface area contributed by atoms with Crippen LogP contribution in [0, 0.1) is 0 Å². The van der Waals surface area contributed by atoms with Crippen LogP contribution in [0.1, 0.15) is 40.2 Å². The van der Waals surface area contributed by atoms with Crippen molar-refractivity contribution in [1.82, 2.24) is 25.2 Å². The molecule has 40 heavy (non-hydrogen) atoms. The van der Waals surface area contributed by atoms with Crippen LogP contribution in [-0.2, 0) is 16.1 Å². The minimum Gasteiger partial charge on any atom is -0.444 e. The first kappa shape index (κ1) is 28.8. The number of ether oxygens (including phenoxy) is 1. The summed E-state index contributed by atoms with van der Waals surface area (Å²) < 4.78 is 5.19. The maximum absolute atomic E-state index is 12.5. The number of aromatic nitrogens is 3. The molecule has 3 aromatic rings. The molecule has 212 valence electrons. The first-order valence-electron chi connectivity index (χ1n) is 13.6. The molecule has 2 amide bonds. The lowest BCUT2D eigenvalue weighted by molar-refractivity contribution is -0.129. The number of nitrogens with one attached hydrogen (secondary N) is 1. The predicted molar refractivity (Wildman–Crippen MR) is 156 cm³/mol. The molecule has 1 aliphatic heterocycles. The van der Waals surface area contributed by atoms with Gasteiger partial charge in [0, 0.05) is 74.8 Å². The Hall–Kier alpha value is -4.21. The molecular weight excluding hydrogens is 506 g/mol. The lowest BCUT2D eigenvalue weighted by atomic mass is 10.1. The second-order valence-electron chi connectivity index (χ2n) is 11.3. The van der Waals surface area contributed by atoms with Gasteiger partial charge in [0.2, 0.25) is 11.9 Å². The van der Waals surface area contributed by atoms with Crippen LogP contribution in [0.2, 0.25) is 0 Å². The van der Waals surface area contributed by atoms with Crippen LogP contribution in [-0.4, -0.2) is 76.2 Å². The van der Waals surface area contributed by atoms with Gasteiger partial charge in [0.05, 0.1) is 0 Å². The summed E-state index contributed by atoms with van der Waals surface area (Å²) in [6.07, 6.45) is 6.76. The number of carbonyl (C=O) groups excluding carboxylic acids is 2. The number of hydrogen-bond donors (Lipinski definition) is 1. The second-order valence-corrected chi connectivity index (χ2v) is 11.3. The molecule has 1 saturated heterocycles. The van der Waals surface area contributed by atoms with E-state index in [1.165, 1.54) is 5.69 Å². The van der Waals surface area contributed by atoms with Gasteiger partial charge in [0.25, 0.3) is 0 Å². The Morgan fingerprint density at radius 1 is 1.00 bits per heavy atom. The van der Waals surface area contributed by atoms with E-state index >= 15 is 0 Å². The third-order valence-corrected chi connectivity index (χ3v) is 6.76. The van der Waals surface area contributed by atoms with Crippen molar-refractivity contribution in [2.45, 2.75) is 58.8 Å².